The lowest BCUT2D eigenvalue weighted by Gasteiger charge is -2.18. The number of hydrogen-bond donors (Lipinski definition) is 1. The van der Waals surface area contributed by atoms with Gasteiger partial charge in [-0.25, -0.2) is 0 Å². The zero-order valence-electron chi connectivity index (χ0n) is 10.9. The summed E-state index contributed by atoms with van der Waals surface area (Å²) in [5.41, 5.74) is 2.32. The Morgan fingerprint density at radius 2 is 2.00 bits per heavy atom. The highest BCUT2D eigenvalue weighted by atomic mass is 16.5. The van der Waals surface area contributed by atoms with Crippen molar-refractivity contribution in [3.05, 3.63) is 23.5 Å². The molecule has 16 heavy (non-hydrogen) atoms. The average molecular weight is 222 g/mol. The zero-order valence-corrected chi connectivity index (χ0v) is 10.9. The van der Waals surface area contributed by atoms with Crippen LogP contribution in [-0.4, -0.2) is 18.6 Å². The standard InChI is InChI=1S/C13H22N2O/c1-10-6-12(16-5)7-11(15-10)8-14-9-13(2,3)4/h6-7,14H,8-9H2,1-5H3. The molecular formula is C13H22N2O. The van der Waals surface area contributed by atoms with Crippen LogP contribution < -0.4 is 10.1 Å². The SMILES string of the molecule is COc1cc(C)nc(CNCC(C)(C)C)c1. The first-order chi connectivity index (χ1) is 7.40. The molecule has 1 N–H and O–H groups in total. The maximum Gasteiger partial charge on any atom is 0.122 e. The number of nitrogens with zero attached hydrogens (tertiary/aromatic N) is 1. The summed E-state index contributed by atoms with van der Waals surface area (Å²) in [5.74, 6) is 0.875. The van der Waals surface area contributed by atoms with Crippen molar-refractivity contribution in [3.8, 4) is 5.75 Å². The van der Waals surface area contributed by atoms with E-state index in [0.717, 1.165) is 30.2 Å². The third kappa shape index (κ3) is 4.62. The molecule has 1 aromatic heterocycles. The van der Waals surface area contributed by atoms with Gasteiger partial charge in [-0.05, 0) is 12.3 Å². The second-order valence-electron chi connectivity index (χ2n) is 5.30. The Morgan fingerprint density at radius 3 is 2.56 bits per heavy atom. The van der Waals surface area contributed by atoms with Gasteiger partial charge in [-0.1, -0.05) is 20.8 Å². The van der Waals surface area contributed by atoms with Gasteiger partial charge in [0.05, 0.1) is 12.8 Å². The number of methoxy groups -OCH3 is 1. The van der Waals surface area contributed by atoms with Gasteiger partial charge < -0.3 is 10.1 Å². The first-order valence-electron chi connectivity index (χ1n) is 5.63. The first kappa shape index (κ1) is 13.0. The van der Waals surface area contributed by atoms with E-state index in [9.17, 15) is 0 Å². The van der Waals surface area contributed by atoms with E-state index in [1.165, 1.54) is 0 Å². The van der Waals surface area contributed by atoms with Gasteiger partial charge in [0.1, 0.15) is 5.75 Å². The molecule has 0 amide bonds. The summed E-state index contributed by atoms with van der Waals surface area (Å²) in [6.07, 6.45) is 0. The van der Waals surface area contributed by atoms with Gasteiger partial charge in [0.25, 0.3) is 0 Å². The molecule has 0 fully saturated rings. The quantitative estimate of drug-likeness (QED) is 0.850. The van der Waals surface area contributed by atoms with Crippen LogP contribution in [0.15, 0.2) is 12.1 Å². The average Bonchev–Trinajstić information content (AvgIpc) is 2.14. The fourth-order valence-electron chi connectivity index (χ4n) is 1.48. The van der Waals surface area contributed by atoms with Gasteiger partial charge >= 0.3 is 0 Å². The molecule has 90 valence electrons. The summed E-state index contributed by atoms with van der Waals surface area (Å²) in [7, 11) is 1.68. The van der Waals surface area contributed by atoms with E-state index >= 15 is 0 Å². The molecule has 0 aliphatic heterocycles. The largest absolute Gasteiger partial charge is 0.497 e. The van der Waals surface area contributed by atoms with Crippen LogP contribution in [-0.2, 0) is 6.54 Å². The molecule has 0 bridgehead atoms. The van der Waals surface area contributed by atoms with Gasteiger partial charge in [0, 0.05) is 30.9 Å². The van der Waals surface area contributed by atoms with Gasteiger partial charge in [0.15, 0.2) is 0 Å². The number of rotatable bonds is 4. The first-order valence-corrected chi connectivity index (χ1v) is 5.63. The van der Waals surface area contributed by atoms with Crippen molar-refractivity contribution in [2.24, 2.45) is 5.41 Å². The lowest BCUT2D eigenvalue weighted by atomic mass is 9.97. The minimum atomic E-state index is 0.300. The molecule has 0 saturated heterocycles. The Morgan fingerprint density at radius 1 is 1.31 bits per heavy atom. The van der Waals surface area contributed by atoms with Gasteiger partial charge in [0.2, 0.25) is 0 Å². The van der Waals surface area contributed by atoms with E-state index in [1.54, 1.807) is 7.11 Å². The fraction of sp³-hybridized carbons (Fsp3) is 0.615. The summed E-state index contributed by atoms with van der Waals surface area (Å²) in [4.78, 5) is 4.46. The Labute approximate surface area is 98.2 Å². The highest BCUT2D eigenvalue weighted by Gasteiger charge is 2.09. The van der Waals surface area contributed by atoms with E-state index in [0.29, 0.717) is 5.41 Å². The lowest BCUT2D eigenvalue weighted by Crippen LogP contribution is -2.26. The molecule has 0 atom stereocenters. The number of ether oxygens (including phenoxy) is 1. The number of aryl methyl sites for hydroxylation is 1. The molecular weight excluding hydrogens is 200 g/mol. The highest BCUT2D eigenvalue weighted by Crippen LogP contribution is 2.14. The summed E-state index contributed by atoms with van der Waals surface area (Å²) >= 11 is 0. The molecule has 0 saturated carbocycles. The molecule has 1 aromatic rings. The van der Waals surface area contributed by atoms with Crippen LogP contribution in [0.5, 0.6) is 5.75 Å². The van der Waals surface area contributed by atoms with Crippen LogP contribution in [0.2, 0.25) is 0 Å². The van der Waals surface area contributed by atoms with E-state index in [4.69, 9.17) is 4.74 Å². The minimum absolute atomic E-state index is 0.300. The van der Waals surface area contributed by atoms with Crippen molar-refractivity contribution in [1.29, 1.82) is 0 Å². The van der Waals surface area contributed by atoms with Crippen LogP contribution in [0.4, 0.5) is 0 Å². The van der Waals surface area contributed by atoms with Crippen molar-refractivity contribution in [2.45, 2.75) is 34.2 Å². The maximum atomic E-state index is 5.22. The molecule has 0 radical (unpaired) electrons. The topological polar surface area (TPSA) is 34.1 Å². The van der Waals surface area contributed by atoms with Crippen LogP contribution in [0, 0.1) is 12.3 Å². The number of nitrogens with one attached hydrogen (secondary N) is 1. The van der Waals surface area contributed by atoms with Crippen LogP contribution in [0.25, 0.3) is 0 Å². The molecule has 0 unspecified atom stereocenters. The summed E-state index contributed by atoms with van der Waals surface area (Å²) in [6.45, 7) is 10.4. The molecule has 0 spiro atoms. The fourth-order valence-corrected chi connectivity index (χ4v) is 1.48. The predicted octanol–water partition coefficient (Wildman–Crippen LogP) is 2.53. The third-order valence-electron chi connectivity index (χ3n) is 2.18. The number of pyridine rings is 1. The Balaban J connectivity index is 2.57. The molecule has 0 aliphatic rings. The monoisotopic (exact) mass is 222 g/mol. The van der Waals surface area contributed by atoms with E-state index < -0.39 is 0 Å². The number of aromatic nitrogens is 1. The van der Waals surface area contributed by atoms with Crippen molar-refractivity contribution >= 4 is 0 Å². The predicted molar refractivity (Wildman–Crippen MR) is 66.7 cm³/mol. The molecule has 1 rings (SSSR count). The Bertz CT molecular complexity index is 342. The van der Waals surface area contributed by atoms with E-state index in [-0.39, 0.29) is 0 Å². The highest BCUT2D eigenvalue weighted by molar-refractivity contribution is 5.26. The summed E-state index contributed by atoms with van der Waals surface area (Å²) < 4.78 is 5.22. The van der Waals surface area contributed by atoms with Crippen molar-refractivity contribution in [1.82, 2.24) is 10.3 Å². The van der Waals surface area contributed by atoms with Gasteiger partial charge in [-0.3, -0.25) is 4.98 Å². The van der Waals surface area contributed by atoms with Crippen LogP contribution in [0.3, 0.4) is 0 Å². The third-order valence-corrected chi connectivity index (χ3v) is 2.18. The summed E-state index contributed by atoms with van der Waals surface area (Å²) in [6, 6.07) is 3.91. The second kappa shape index (κ2) is 5.30. The Hall–Kier alpha value is -1.09. The normalized spacial score (nSPS) is 11.6. The van der Waals surface area contributed by atoms with Crippen molar-refractivity contribution in [3.63, 3.8) is 0 Å². The molecule has 0 aliphatic carbocycles. The molecule has 3 nitrogen and oxygen atoms in total. The molecule has 1 heterocycles. The van der Waals surface area contributed by atoms with E-state index in [2.05, 4.69) is 31.1 Å². The van der Waals surface area contributed by atoms with Crippen molar-refractivity contribution < 1.29 is 4.74 Å². The zero-order chi connectivity index (χ0) is 12.2. The smallest absolute Gasteiger partial charge is 0.122 e. The number of hydrogen-bond acceptors (Lipinski definition) is 3. The maximum absolute atomic E-state index is 5.22. The molecule has 3 heteroatoms. The van der Waals surface area contributed by atoms with Gasteiger partial charge in [-0.2, -0.15) is 0 Å². The Kier molecular flexibility index (Phi) is 4.30. The summed E-state index contributed by atoms with van der Waals surface area (Å²) in [5, 5.41) is 3.40. The van der Waals surface area contributed by atoms with Crippen molar-refractivity contribution in [2.75, 3.05) is 13.7 Å². The minimum Gasteiger partial charge on any atom is -0.497 e. The molecule has 0 aromatic carbocycles. The van der Waals surface area contributed by atoms with E-state index in [1.807, 2.05) is 19.1 Å². The van der Waals surface area contributed by atoms with Crippen LogP contribution >= 0.6 is 0 Å². The lowest BCUT2D eigenvalue weighted by molar-refractivity contribution is 0.377. The van der Waals surface area contributed by atoms with Crippen LogP contribution in [0.1, 0.15) is 32.2 Å². The van der Waals surface area contributed by atoms with Gasteiger partial charge in [-0.15, -0.1) is 0 Å². The second-order valence-corrected chi connectivity index (χ2v) is 5.30.